The van der Waals surface area contributed by atoms with Gasteiger partial charge in [0.1, 0.15) is 5.75 Å². The van der Waals surface area contributed by atoms with Crippen LogP contribution in [0.5, 0.6) is 5.75 Å². The van der Waals surface area contributed by atoms with Crippen molar-refractivity contribution in [1.82, 2.24) is 10.2 Å². The molecule has 2 unspecified atom stereocenters. The Bertz CT molecular complexity index is 599. The summed E-state index contributed by atoms with van der Waals surface area (Å²) in [5.41, 5.74) is 0.737. The molecule has 0 saturated carbocycles. The van der Waals surface area contributed by atoms with Crippen LogP contribution in [0.2, 0.25) is 0 Å². The molecule has 0 radical (unpaired) electrons. The molecular formula is C17H23N3O3. The molecule has 0 spiro atoms. The highest BCUT2D eigenvalue weighted by Gasteiger charge is 2.39. The number of carbonyl (C=O) groups excluding carboxylic acids is 2. The monoisotopic (exact) mass is 317 g/mol. The molecule has 2 aliphatic heterocycles. The number of nitrogens with one attached hydrogen (secondary N) is 1. The van der Waals surface area contributed by atoms with E-state index in [-0.39, 0.29) is 30.2 Å². The molecule has 1 N–H and O–H groups in total. The van der Waals surface area contributed by atoms with Crippen molar-refractivity contribution in [2.24, 2.45) is 5.92 Å². The molecule has 1 aromatic carbocycles. The summed E-state index contributed by atoms with van der Waals surface area (Å²) < 4.78 is 5.33. The molecule has 2 fully saturated rings. The lowest BCUT2D eigenvalue weighted by Crippen LogP contribution is -2.42. The van der Waals surface area contributed by atoms with Crippen LogP contribution in [0, 0.1) is 5.92 Å². The highest BCUT2D eigenvalue weighted by Crippen LogP contribution is 2.33. The first-order chi connectivity index (χ1) is 11.1. The number of likely N-dealkylation sites (N-methyl/N-ethyl adjacent to an activating group) is 1. The molecule has 2 aliphatic rings. The summed E-state index contributed by atoms with van der Waals surface area (Å²) in [4.78, 5) is 28.6. The van der Waals surface area contributed by atoms with Gasteiger partial charge in [0, 0.05) is 32.6 Å². The Morgan fingerprint density at radius 1 is 1.39 bits per heavy atom. The van der Waals surface area contributed by atoms with Gasteiger partial charge in [0.15, 0.2) is 0 Å². The van der Waals surface area contributed by atoms with Gasteiger partial charge in [0.05, 0.1) is 18.7 Å². The van der Waals surface area contributed by atoms with Crippen LogP contribution in [-0.4, -0.2) is 56.5 Å². The zero-order valence-electron chi connectivity index (χ0n) is 13.6. The van der Waals surface area contributed by atoms with Gasteiger partial charge in [0.2, 0.25) is 11.8 Å². The second kappa shape index (κ2) is 6.58. The van der Waals surface area contributed by atoms with Crippen molar-refractivity contribution >= 4 is 17.5 Å². The van der Waals surface area contributed by atoms with E-state index in [2.05, 4.69) is 5.32 Å². The fraction of sp³-hybridized carbons (Fsp3) is 0.529. The first-order valence-corrected chi connectivity index (χ1v) is 8.02. The molecule has 0 aliphatic carbocycles. The Balaban J connectivity index is 1.73. The maximum absolute atomic E-state index is 12.7. The molecule has 2 amide bonds. The minimum absolute atomic E-state index is 0.0224. The molecule has 1 aromatic rings. The van der Waals surface area contributed by atoms with Crippen LogP contribution in [-0.2, 0) is 9.59 Å². The number of hydrogen-bond donors (Lipinski definition) is 1. The molecule has 0 bridgehead atoms. The summed E-state index contributed by atoms with van der Waals surface area (Å²) in [6, 6.07) is 7.66. The zero-order chi connectivity index (χ0) is 16.4. The quantitative estimate of drug-likeness (QED) is 0.895. The van der Waals surface area contributed by atoms with Gasteiger partial charge >= 0.3 is 0 Å². The number of hydrogen-bond acceptors (Lipinski definition) is 4. The Labute approximate surface area is 136 Å². The minimum atomic E-state index is -0.280. The molecular weight excluding hydrogens is 294 g/mol. The Morgan fingerprint density at radius 3 is 2.87 bits per heavy atom. The topological polar surface area (TPSA) is 61.9 Å². The summed E-state index contributed by atoms with van der Waals surface area (Å²) >= 11 is 0. The fourth-order valence-electron chi connectivity index (χ4n) is 3.40. The summed E-state index contributed by atoms with van der Waals surface area (Å²) in [6.45, 7) is 2.20. The van der Waals surface area contributed by atoms with E-state index in [0.29, 0.717) is 12.3 Å². The van der Waals surface area contributed by atoms with Gasteiger partial charge in [-0.25, -0.2) is 0 Å². The highest BCUT2D eigenvalue weighted by atomic mass is 16.5. The third kappa shape index (κ3) is 3.03. The molecule has 124 valence electrons. The van der Waals surface area contributed by atoms with Crippen molar-refractivity contribution in [2.45, 2.75) is 18.9 Å². The number of carbonyl (C=O) groups is 2. The average Bonchev–Trinajstić information content (AvgIpc) is 3.23. The van der Waals surface area contributed by atoms with Crippen molar-refractivity contribution in [2.75, 3.05) is 38.7 Å². The third-order valence-corrected chi connectivity index (χ3v) is 4.78. The number of methoxy groups -OCH3 is 1. The van der Waals surface area contributed by atoms with Crippen molar-refractivity contribution in [3.8, 4) is 5.75 Å². The van der Waals surface area contributed by atoms with Gasteiger partial charge in [-0.2, -0.15) is 0 Å². The maximum Gasteiger partial charge on any atom is 0.228 e. The first-order valence-electron chi connectivity index (χ1n) is 8.02. The molecule has 2 atom stereocenters. The fourth-order valence-corrected chi connectivity index (χ4v) is 3.40. The second-order valence-electron chi connectivity index (χ2n) is 6.17. The molecule has 23 heavy (non-hydrogen) atoms. The van der Waals surface area contributed by atoms with Crippen LogP contribution in [0.3, 0.4) is 0 Å². The van der Waals surface area contributed by atoms with Crippen LogP contribution in [0.25, 0.3) is 0 Å². The second-order valence-corrected chi connectivity index (χ2v) is 6.17. The molecule has 2 heterocycles. The number of benzene rings is 1. The lowest BCUT2D eigenvalue weighted by molar-refractivity contribution is -0.136. The Hall–Kier alpha value is -2.08. The summed E-state index contributed by atoms with van der Waals surface area (Å²) in [5, 5.41) is 3.27. The maximum atomic E-state index is 12.7. The van der Waals surface area contributed by atoms with E-state index in [1.165, 1.54) is 0 Å². The first kappa shape index (κ1) is 15.8. The van der Waals surface area contributed by atoms with Gasteiger partial charge in [-0.05, 0) is 25.1 Å². The molecule has 6 heteroatoms. The lowest BCUT2D eigenvalue weighted by atomic mass is 10.1. The molecule has 0 aromatic heterocycles. The SMILES string of the molecule is COc1ccccc1N1CC(C(=O)N(C)C2CCNC2)CC1=O. The van der Waals surface area contributed by atoms with Gasteiger partial charge in [0.25, 0.3) is 0 Å². The minimum Gasteiger partial charge on any atom is -0.495 e. The molecule has 3 rings (SSSR count). The van der Waals surface area contributed by atoms with Gasteiger partial charge < -0.3 is 19.9 Å². The number of anilines is 1. The van der Waals surface area contributed by atoms with Crippen molar-refractivity contribution in [3.63, 3.8) is 0 Å². The van der Waals surface area contributed by atoms with Crippen molar-refractivity contribution in [3.05, 3.63) is 24.3 Å². The Kier molecular flexibility index (Phi) is 4.52. The number of para-hydroxylation sites is 2. The van der Waals surface area contributed by atoms with Crippen LogP contribution >= 0.6 is 0 Å². The predicted octanol–water partition coefficient (Wildman–Crippen LogP) is 0.868. The van der Waals surface area contributed by atoms with Crippen molar-refractivity contribution in [1.29, 1.82) is 0 Å². The lowest BCUT2D eigenvalue weighted by Gasteiger charge is -2.26. The van der Waals surface area contributed by atoms with E-state index in [9.17, 15) is 9.59 Å². The number of nitrogens with zero attached hydrogens (tertiary/aromatic N) is 2. The molecule has 2 saturated heterocycles. The smallest absolute Gasteiger partial charge is 0.228 e. The van der Waals surface area contributed by atoms with Crippen LogP contribution in [0.15, 0.2) is 24.3 Å². The van der Waals surface area contributed by atoms with Gasteiger partial charge in [-0.3, -0.25) is 9.59 Å². The van der Waals surface area contributed by atoms with Crippen LogP contribution < -0.4 is 15.0 Å². The summed E-state index contributed by atoms with van der Waals surface area (Å²) in [7, 11) is 3.43. The van der Waals surface area contributed by atoms with Crippen molar-refractivity contribution < 1.29 is 14.3 Å². The van der Waals surface area contributed by atoms with Gasteiger partial charge in [-0.15, -0.1) is 0 Å². The number of rotatable bonds is 4. The number of ether oxygens (including phenoxy) is 1. The van der Waals surface area contributed by atoms with Gasteiger partial charge in [-0.1, -0.05) is 12.1 Å². The average molecular weight is 317 g/mol. The van der Waals surface area contributed by atoms with Crippen LogP contribution in [0.4, 0.5) is 5.69 Å². The van der Waals surface area contributed by atoms with E-state index >= 15 is 0 Å². The molecule has 6 nitrogen and oxygen atoms in total. The van der Waals surface area contributed by atoms with Crippen LogP contribution in [0.1, 0.15) is 12.8 Å². The van der Waals surface area contributed by atoms with E-state index in [1.807, 2.05) is 36.2 Å². The predicted molar refractivity (Wildman–Crippen MR) is 87.5 cm³/mol. The summed E-state index contributed by atoms with van der Waals surface area (Å²) in [5.74, 6) is 0.413. The standard InChI is InChI=1S/C17H23N3O3/c1-19(13-7-8-18-10-13)17(22)12-9-16(21)20(11-12)14-5-3-4-6-15(14)23-2/h3-6,12-13,18H,7-11H2,1-2H3. The number of amides is 2. The van der Waals surface area contributed by atoms with E-state index in [4.69, 9.17) is 4.74 Å². The largest absolute Gasteiger partial charge is 0.495 e. The Morgan fingerprint density at radius 2 is 2.17 bits per heavy atom. The van der Waals surface area contributed by atoms with E-state index in [1.54, 1.807) is 12.0 Å². The zero-order valence-corrected chi connectivity index (χ0v) is 13.6. The third-order valence-electron chi connectivity index (χ3n) is 4.78. The van der Waals surface area contributed by atoms with E-state index in [0.717, 1.165) is 25.2 Å². The normalized spacial score (nSPS) is 24.1. The summed E-state index contributed by atoms with van der Waals surface area (Å²) in [6.07, 6.45) is 1.24. The highest BCUT2D eigenvalue weighted by molar-refractivity contribution is 6.01. The van der Waals surface area contributed by atoms with E-state index < -0.39 is 0 Å².